The molecule has 1 aromatic carbocycles. The summed E-state index contributed by atoms with van der Waals surface area (Å²) in [5.41, 5.74) is 0.540. The summed E-state index contributed by atoms with van der Waals surface area (Å²) in [6.07, 6.45) is 6.21. The molecule has 2 heterocycles. The van der Waals surface area contributed by atoms with Crippen molar-refractivity contribution in [1.29, 1.82) is 0 Å². The molecule has 0 bridgehead atoms. The van der Waals surface area contributed by atoms with Gasteiger partial charge in [0.2, 0.25) is 17.1 Å². The molecule has 5 heteroatoms. The summed E-state index contributed by atoms with van der Waals surface area (Å²) in [4.78, 5) is 15.1. The maximum atomic E-state index is 13.0. The van der Waals surface area contributed by atoms with E-state index in [4.69, 9.17) is 13.9 Å². The second kappa shape index (κ2) is 7.48. The van der Waals surface area contributed by atoms with Crippen LogP contribution in [0.1, 0.15) is 32.1 Å². The highest BCUT2D eigenvalue weighted by Crippen LogP contribution is 2.31. The molecular formula is C20H25NO4. The molecule has 1 saturated carbocycles. The fourth-order valence-electron chi connectivity index (χ4n) is 3.77. The number of nitrogens with zero attached hydrogens (tertiary/aromatic N) is 1. The number of rotatable bonds is 4. The minimum atomic E-state index is -0.0702. The zero-order chi connectivity index (χ0) is 17.1. The smallest absolute Gasteiger partial charge is 0.243 e. The van der Waals surface area contributed by atoms with Gasteiger partial charge in [-0.25, -0.2) is 0 Å². The first kappa shape index (κ1) is 16.5. The lowest BCUT2D eigenvalue weighted by Crippen LogP contribution is -2.37. The molecule has 134 valence electrons. The highest BCUT2D eigenvalue weighted by atomic mass is 16.5. The molecule has 2 aliphatic rings. The predicted molar refractivity (Wildman–Crippen MR) is 97.6 cm³/mol. The molecule has 0 spiro atoms. The third-order valence-corrected chi connectivity index (χ3v) is 5.23. The van der Waals surface area contributed by atoms with Crippen LogP contribution in [0, 0.1) is 5.92 Å². The van der Waals surface area contributed by atoms with Gasteiger partial charge in [-0.15, -0.1) is 0 Å². The number of hydrogen-bond donors (Lipinski definition) is 0. The van der Waals surface area contributed by atoms with Crippen LogP contribution in [0.5, 0.6) is 5.75 Å². The molecule has 0 atom stereocenters. The van der Waals surface area contributed by atoms with Crippen molar-refractivity contribution in [3.05, 3.63) is 34.5 Å². The van der Waals surface area contributed by atoms with E-state index in [0.717, 1.165) is 0 Å². The molecule has 1 aromatic heterocycles. The van der Waals surface area contributed by atoms with Crippen molar-refractivity contribution in [3.63, 3.8) is 0 Å². The summed E-state index contributed by atoms with van der Waals surface area (Å²) >= 11 is 0. The van der Waals surface area contributed by atoms with Gasteiger partial charge in [0.15, 0.2) is 0 Å². The van der Waals surface area contributed by atoms with E-state index < -0.39 is 0 Å². The van der Waals surface area contributed by atoms with Crippen molar-refractivity contribution in [2.45, 2.75) is 32.1 Å². The number of morpholine rings is 1. The Kier molecular flexibility index (Phi) is 4.92. The maximum Gasteiger partial charge on any atom is 0.243 e. The first-order valence-corrected chi connectivity index (χ1v) is 9.34. The second-order valence-electron chi connectivity index (χ2n) is 6.98. The van der Waals surface area contributed by atoms with Crippen molar-refractivity contribution < 1.29 is 13.9 Å². The summed E-state index contributed by atoms with van der Waals surface area (Å²) in [6.45, 7) is 3.29. The van der Waals surface area contributed by atoms with Crippen molar-refractivity contribution in [2.75, 3.05) is 37.8 Å². The number of hydrogen-bond acceptors (Lipinski definition) is 5. The molecule has 0 radical (unpaired) electrons. The average Bonchev–Trinajstić information content (AvgIpc) is 2.69. The number of anilines is 1. The van der Waals surface area contributed by atoms with Gasteiger partial charge < -0.3 is 18.8 Å². The van der Waals surface area contributed by atoms with Gasteiger partial charge in [0.25, 0.3) is 0 Å². The van der Waals surface area contributed by atoms with Crippen LogP contribution in [0.4, 0.5) is 5.88 Å². The normalized spacial score (nSPS) is 19.3. The van der Waals surface area contributed by atoms with Crippen molar-refractivity contribution >= 4 is 16.9 Å². The van der Waals surface area contributed by atoms with E-state index in [1.807, 2.05) is 18.2 Å². The Morgan fingerprint density at radius 1 is 1.08 bits per heavy atom. The van der Waals surface area contributed by atoms with Crippen LogP contribution in [-0.4, -0.2) is 32.9 Å². The van der Waals surface area contributed by atoms with Crippen molar-refractivity contribution in [2.24, 2.45) is 5.92 Å². The first-order chi connectivity index (χ1) is 12.3. The van der Waals surface area contributed by atoms with Crippen LogP contribution < -0.4 is 15.1 Å². The fraction of sp³-hybridized carbons (Fsp3) is 0.550. The van der Waals surface area contributed by atoms with Crippen LogP contribution in [0.15, 0.2) is 33.5 Å². The van der Waals surface area contributed by atoms with Crippen molar-refractivity contribution in [3.8, 4) is 5.75 Å². The molecule has 0 unspecified atom stereocenters. The fourth-order valence-corrected chi connectivity index (χ4v) is 3.77. The van der Waals surface area contributed by atoms with Gasteiger partial charge in [-0.05, 0) is 30.9 Å². The Morgan fingerprint density at radius 3 is 2.64 bits per heavy atom. The highest BCUT2D eigenvalue weighted by molar-refractivity contribution is 5.80. The quantitative estimate of drug-likeness (QED) is 0.849. The summed E-state index contributed by atoms with van der Waals surface area (Å²) in [5.74, 6) is 1.46. The molecule has 2 aromatic rings. The summed E-state index contributed by atoms with van der Waals surface area (Å²) in [6, 6.07) is 7.39. The molecule has 25 heavy (non-hydrogen) atoms. The number of ether oxygens (including phenoxy) is 2. The van der Waals surface area contributed by atoms with Crippen LogP contribution in [-0.2, 0) is 4.74 Å². The monoisotopic (exact) mass is 343 g/mol. The molecule has 5 nitrogen and oxygen atoms in total. The third kappa shape index (κ3) is 3.52. The van der Waals surface area contributed by atoms with E-state index >= 15 is 0 Å². The van der Waals surface area contributed by atoms with Crippen LogP contribution in [0.25, 0.3) is 11.0 Å². The van der Waals surface area contributed by atoms with Gasteiger partial charge >= 0.3 is 0 Å². The van der Waals surface area contributed by atoms with E-state index in [1.54, 1.807) is 6.07 Å². The minimum Gasteiger partial charge on any atom is -0.485 e. The van der Waals surface area contributed by atoms with Gasteiger partial charge in [0, 0.05) is 13.1 Å². The Balaban J connectivity index is 1.68. The lowest BCUT2D eigenvalue weighted by Gasteiger charge is -2.29. The van der Waals surface area contributed by atoms with Crippen LogP contribution >= 0.6 is 0 Å². The lowest BCUT2D eigenvalue weighted by atomic mass is 9.90. The summed E-state index contributed by atoms with van der Waals surface area (Å²) in [7, 11) is 0. The minimum absolute atomic E-state index is 0.0702. The van der Waals surface area contributed by atoms with Gasteiger partial charge in [-0.1, -0.05) is 31.4 Å². The van der Waals surface area contributed by atoms with E-state index in [-0.39, 0.29) is 5.43 Å². The molecule has 2 fully saturated rings. The molecule has 0 amide bonds. The van der Waals surface area contributed by atoms with E-state index in [0.29, 0.717) is 61.4 Å². The lowest BCUT2D eigenvalue weighted by molar-refractivity contribution is 0.120. The SMILES string of the molecule is O=c1c(OCC2CCCCC2)c(N2CCOCC2)oc2ccccc12. The predicted octanol–water partition coefficient (Wildman–Crippen LogP) is 3.59. The Morgan fingerprint density at radius 2 is 1.84 bits per heavy atom. The molecular weight excluding hydrogens is 318 g/mol. The van der Waals surface area contributed by atoms with E-state index in [1.165, 1.54) is 32.1 Å². The van der Waals surface area contributed by atoms with Gasteiger partial charge in [-0.2, -0.15) is 0 Å². The Bertz CT molecular complexity index is 773. The largest absolute Gasteiger partial charge is 0.485 e. The Hall–Kier alpha value is -2.01. The third-order valence-electron chi connectivity index (χ3n) is 5.23. The van der Waals surface area contributed by atoms with E-state index in [9.17, 15) is 4.79 Å². The summed E-state index contributed by atoms with van der Waals surface area (Å²) < 4.78 is 17.6. The van der Waals surface area contributed by atoms with Gasteiger partial charge in [-0.3, -0.25) is 4.79 Å². The van der Waals surface area contributed by atoms with Gasteiger partial charge in [0.05, 0.1) is 25.2 Å². The molecule has 4 rings (SSSR count). The number of para-hydroxylation sites is 1. The zero-order valence-corrected chi connectivity index (χ0v) is 14.5. The van der Waals surface area contributed by atoms with Gasteiger partial charge in [0.1, 0.15) is 5.58 Å². The van der Waals surface area contributed by atoms with Crippen LogP contribution in [0.2, 0.25) is 0 Å². The van der Waals surface area contributed by atoms with E-state index in [2.05, 4.69) is 4.90 Å². The molecule has 1 saturated heterocycles. The van der Waals surface area contributed by atoms with Crippen molar-refractivity contribution in [1.82, 2.24) is 0 Å². The molecule has 1 aliphatic carbocycles. The average molecular weight is 343 g/mol. The molecule has 1 aliphatic heterocycles. The number of fused-ring (bicyclic) bond motifs is 1. The second-order valence-corrected chi connectivity index (χ2v) is 6.98. The Labute approximate surface area is 147 Å². The summed E-state index contributed by atoms with van der Waals surface area (Å²) in [5, 5.41) is 0.582. The topological polar surface area (TPSA) is 51.9 Å². The molecule has 0 N–H and O–H groups in total. The standard InChI is InChI=1S/C20H25NO4/c22-18-16-8-4-5-9-17(16)25-20(21-10-12-23-13-11-21)19(18)24-14-15-6-2-1-3-7-15/h4-5,8-9,15H,1-3,6-7,10-14H2. The van der Waals surface area contributed by atoms with Crippen LogP contribution in [0.3, 0.4) is 0 Å². The highest BCUT2D eigenvalue weighted by Gasteiger charge is 2.24. The number of benzene rings is 1. The zero-order valence-electron chi connectivity index (χ0n) is 14.5. The first-order valence-electron chi connectivity index (χ1n) is 9.34. The maximum absolute atomic E-state index is 13.0.